The van der Waals surface area contributed by atoms with E-state index in [0.717, 1.165) is 6.42 Å². The fraction of sp³-hybridized carbons (Fsp3) is 0.200. The summed E-state index contributed by atoms with van der Waals surface area (Å²) in [4.78, 5) is 32.5. The van der Waals surface area contributed by atoms with Gasteiger partial charge in [-0.25, -0.2) is 14.8 Å². The maximum atomic E-state index is 12.3. The highest BCUT2D eigenvalue weighted by atomic mass is 16.2. The Morgan fingerprint density at radius 3 is 2.70 bits per heavy atom. The summed E-state index contributed by atoms with van der Waals surface area (Å²) in [6, 6.07) is 7.00. The van der Waals surface area contributed by atoms with Gasteiger partial charge in [-0.2, -0.15) is 4.52 Å². The van der Waals surface area contributed by atoms with Gasteiger partial charge in [-0.15, -0.1) is 0 Å². The number of amides is 2. The number of aryl methyl sites for hydroxylation is 2. The van der Waals surface area contributed by atoms with Crippen LogP contribution in [0.5, 0.6) is 0 Å². The molecular weight excluding hydrogens is 296 g/mol. The second kappa shape index (κ2) is 5.91. The Morgan fingerprint density at radius 2 is 2.00 bits per heavy atom. The molecule has 23 heavy (non-hydrogen) atoms. The van der Waals surface area contributed by atoms with Gasteiger partial charge < -0.3 is 10.6 Å². The van der Waals surface area contributed by atoms with E-state index in [1.54, 1.807) is 6.92 Å². The molecule has 1 aromatic carbocycles. The summed E-state index contributed by atoms with van der Waals surface area (Å²) < 4.78 is 1.17. The van der Waals surface area contributed by atoms with E-state index in [-0.39, 0.29) is 11.5 Å². The molecule has 0 saturated carbocycles. The molecule has 0 aliphatic rings. The molecule has 0 saturated heterocycles. The molecule has 0 aliphatic heterocycles. The standard InChI is InChI=1S/C15H16N6O2/c1-3-10-4-6-11(7-5-10)19-15(23)20-12-9(2)18-14-16-8-17-21(14)13(12)22/h4-8H,3H2,1-2H3,(H,16,17,18)(H2,19,20,23). The van der Waals surface area contributed by atoms with E-state index in [4.69, 9.17) is 0 Å². The normalized spacial score (nSPS) is 10.7. The number of H-pyrrole nitrogens is 1. The van der Waals surface area contributed by atoms with Gasteiger partial charge in [0.05, 0.1) is 5.69 Å². The van der Waals surface area contributed by atoms with Gasteiger partial charge in [0.25, 0.3) is 11.3 Å². The molecule has 118 valence electrons. The van der Waals surface area contributed by atoms with Crippen molar-refractivity contribution in [3.8, 4) is 0 Å². The van der Waals surface area contributed by atoms with Crippen LogP contribution in [0.25, 0.3) is 5.78 Å². The van der Waals surface area contributed by atoms with Gasteiger partial charge in [-0.3, -0.25) is 9.89 Å². The Morgan fingerprint density at radius 1 is 1.26 bits per heavy atom. The number of urea groups is 1. The molecule has 8 nitrogen and oxygen atoms in total. The van der Waals surface area contributed by atoms with Gasteiger partial charge >= 0.3 is 6.03 Å². The first kappa shape index (κ1) is 14.8. The van der Waals surface area contributed by atoms with Crippen molar-refractivity contribution in [2.75, 3.05) is 10.6 Å². The van der Waals surface area contributed by atoms with Gasteiger partial charge in [0.2, 0.25) is 0 Å². The molecule has 2 aromatic heterocycles. The lowest BCUT2D eigenvalue weighted by Gasteiger charge is -2.09. The van der Waals surface area contributed by atoms with Gasteiger partial charge in [-0.05, 0) is 31.0 Å². The lowest BCUT2D eigenvalue weighted by Crippen LogP contribution is -2.28. The van der Waals surface area contributed by atoms with Gasteiger partial charge in [0.15, 0.2) is 0 Å². The number of benzene rings is 1. The molecule has 0 aliphatic carbocycles. The number of aromatic amines is 1. The lowest BCUT2D eigenvalue weighted by atomic mass is 10.1. The highest BCUT2D eigenvalue weighted by molar-refractivity contribution is 5.99. The number of hydrogen-bond donors (Lipinski definition) is 3. The number of nitrogens with one attached hydrogen (secondary N) is 3. The Bertz CT molecular complexity index is 910. The minimum Gasteiger partial charge on any atom is -0.308 e. The largest absolute Gasteiger partial charge is 0.323 e. The topological polar surface area (TPSA) is 104 Å². The van der Waals surface area contributed by atoms with Crippen molar-refractivity contribution in [3.63, 3.8) is 0 Å². The SMILES string of the molecule is CCc1ccc(NC(=O)Nc2c(C)nc3nc[nH]n3c2=O)cc1. The van der Waals surface area contributed by atoms with Crippen LogP contribution in [-0.2, 0) is 6.42 Å². The van der Waals surface area contributed by atoms with E-state index in [1.165, 1.54) is 16.4 Å². The summed E-state index contributed by atoms with van der Waals surface area (Å²) in [6.45, 7) is 3.70. The summed E-state index contributed by atoms with van der Waals surface area (Å²) >= 11 is 0. The molecule has 0 bridgehead atoms. The van der Waals surface area contributed by atoms with Gasteiger partial charge in [0.1, 0.15) is 12.0 Å². The van der Waals surface area contributed by atoms with Crippen LogP contribution in [0.4, 0.5) is 16.2 Å². The van der Waals surface area contributed by atoms with E-state index < -0.39 is 11.6 Å². The second-order valence-electron chi connectivity index (χ2n) is 5.03. The Kier molecular flexibility index (Phi) is 3.80. The zero-order chi connectivity index (χ0) is 16.4. The zero-order valence-electron chi connectivity index (χ0n) is 12.8. The second-order valence-corrected chi connectivity index (χ2v) is 5.03. The van der Waals surface area contributed by atoms with Crippen molar-refractivity contribution in [1.29, 1.82) is 0 Å². The maximum absolute atomic E-state index is 12.3. The first-order valence-corrected chi connectivity index (χ1v) is 7.18. The average Bonchev–Trinajstić information content (AvgIpc) is 3.00. The molecule has 0 unspecified atom stereocenters. The van der Waals surface area contributed by atoms with Crippen molar-refractivity contribution in [2.45, 2.75) is 20.3 Å². The van der Waals surface area contributed by atoms with Crippen LogP contribution in [0.1, 0.15) is 18.2 Å². The molecule has 0 atom stereocenters. The predicted octanol–water partition coefficient (Wildman–Crippen LogP) is 1.93. The average molecular weight is 312 g/mol. The minimum atomic E-state index is -0.504. The van der Waals surface area contributed by atoms with Crippen molar-refractivity contribution in [1.82, 2.24) is 19.6 Å². The lowest BCUT2D eigenvalue weighted by molar-refractivity contribution is 0.262. The number of anilines is 2. The molecule has 8 heteroatoms. The Hall–Kier alpha value is -3.16. The molecule has 0 fully saturated rings. The summed E-state index contributed by atoms with van der Waals surface area (Å²) in [6.07, 6.45) is 2.29. The molecular formula is C15H16N6O2. The summed E-state index contributed by atoms with van der Waals surface area (Å²) in [5.74, 6) is 0.258. The molecule has 2 amide bonds. The van der Waals surface area contributed by atoms with Crippen LogP contribution in [-0.4, -0.2) is 25.6 Å². The summed E-state index contributed by atoms with van der Waals surface area (Å²) in [5.41, 5.74) is 1.92. The molecule has 3 N–H and O–H groups in total. The third-order valence-electron chi connectivity index (χ3n) is 3.47. The smallest absolute Gasteiger partial charge is 0.308 e. The van der Waals surface area contributed by atoms with Crippen LogP contribution in [0.15, 0.2) is 35.4 Å². The van der Waals surface area contributed by atoms with Crippen LogP contribution >= 0.6 is 0 Å². The first-order chi connectivity index (χ1) is 11.1. The number of aromatic nitrogens is 4. The number of nitrogens with zero attached hydrogens (tertiary/aromatic N) is 3. The zero-order valence-corrected chi connectivity index (χ0v) is 12.8. The van der Waals surface area contributed by atoms with Crippen molar-refractivity contribution < 1.29 is 4.79 Å². The van der Waals surface area contributed by atoms with Gasteiger partial charge in [0, 0.05) is 5.69 Å². The Labute approximate surface area is 131 Å². The fourth-order valence-electron chi connectivity index (χ4n) is 2.20. The third-order valence-corrected chi connectivity index (χ3v) is 3.47. The highest BCUT2D eigenvalue weighted by Crippen LogP contribution is 2.11. The van der Waals surface area contributed by atoms with Crippen LogP contribution in [0.2, 0.25) is 0 Å². The molecule has 2 heterocycles. The fourth-order valence-corrected chi connectivity index (χ4v) is 2.20. The number of rotatable bonds is 3. The van der Waals surface area contributed by atoms with Crippen molar-refractivity contribution in [3.05, 3.63) is 52.2 Å². The van der Waals surface area contributed by atoms with E-state index >= 15 is 0 Å². The Balaban J connectivity index is 1.81. The predicted molar refractivity (Wildman–Crippen MR) is 86.8 cm³/mol. The number of carbonyl (C=O) groups excluding carboxylic acids is 1. The van der Waals surface area contributed by atoms with E-state index in [9.17, 15) is 9.59 Å². The van der Waals surface area contributed by atoms with E-state index in [1.807, 2.05) is 24.3 Å². The monoisotopic (exact) mass is 312 g/mol. The molecule has 0 spiro atoms. The van der Waals surface area contributed by atoms with E-state index in [2.05, 4.69) is 32.6 Å². The van der Waals surface area contributed by atoms with Gasteiger partial charge in [-0.1, -0.05) is 19.1 Å². The van der Waals surface area contributed by atoms with Crippen LogP contribution < -0.4 is 16.2 Å². The number of carbonyl (C=O) groups is 1. The third kappa shape index (κ3) is 2.91. The highest BCUT2D eigenvalue weighted by Gasteiger charge is 2.13. The van der Waals surface area contributed by atoms with Crippen molar-refractivity contribution in [2.24, 2.45) is 0 Å². The summed E-state index contributed by atoms with van der Waals surface area (Å²) in [5, 5.41) is 7.88. The first-order valence-electron chi connectivity index (χ1n) is 7.18. The number of fused-ring (bicyclic) bond motifs is 1. The number of hydrogen-bond acceptors (Lipinski definition) is 4. The quantitative estimate of drug-likeness (QED) is 0.687. The summed E-state index contributed by atoms with van der Waals surface area (Å²) in [7, 11) is 0. The van der Waals surface area contributed by atoms with Crippen LogP contribution in [0.3, 0.4) is 0 Å². The van der Waals surface area contributed by atoms with Crippen LogP contribution in [0, 0.1) is 6.92 Å². The molecule has 3 aromatic rings. The minimum absolute atomic E-state index is 0.106. The van der Waals surface area contributed by atoms with Crippen molar-refractivity contribution >= 4 is 23.2 Å². The molecule has 3 rings (SSSR count). The van der Waals surface area contributed by atoms with E-state index in [0.29, 0.717) is 11.4 Å². The maximum Gasteiger partial charge on any atom is 0.323 e. The molecule has 0 radical (unpaired) electrons.